The number of carboxylic acids is 1. The fraction of sp³-hybridized carbons (Fsp3) is 0.417. The predicted octanol–water partition coefficient (Wildman–Crippen LogP) is 1.23. The number of anilines is 1. The molecule has 0 aliphatic rings. The highest BCUT2D eigenvalue weighted by Gasteiger charge is 2.29. The summed E-state index contributed by atoms with van der Waals surface area (Å²) < 4.78 is 0. The molecule has 4 heteroatoms. The van der Waals surface area contributed by atoms with E-state index in [-0.39, 0.29) is 6.54 Å². The van der Waals surface area contributed by atoms with Gasteiger partial charge in [0.2, 0.25) is 0 Å². The van der Waals surface area contributed by atoms with Crippen LogP contribution in [0.15, 0.2) is 24.3 Å². The summed E-state index contributed by atoms with van der Waals surface area (Å²) >= 11 is 0. The Bertz CT molecular complexity index is 388. The lowest BCUT2D eigenvalue weighted by Crippen LogP contribution is -2.53. The Morgan fingerprint density at radius 1 is 1.50 bits per heavy atom. The molecular weight excluding hydrogens is 204 g/mol. The van der Waals surface area contributed by atoms with Crippen molar-refractivity contribution >= 4 is 11.7 Å². The summed E-state index contributed by atoms with van der Waals surface area (Å²) in [6, 6.07) is 7.81. The molecule has 0 saturated carbocycles. The van der Waals surface area contributed by atoms with E-state index in [9.17, 15) is 4.79 Å². The Labute approximate surface area is 95.7 Å². The third-order valence-corrected chi connectivity index (χ3v) is 2.58. The van der Waals surface area contributed by atoms with Crippen molar-refractivity contribution in [2.75, 3.05) is 18.5 Å². The molecule has 1 aromatic carbocycles. The number of carbonyl (C=O) groups is 1. The largest absolute Gasteiger partial charge is 0.480 e. The van der Waals surface area contributed by atoms with Crippen molar-refractivity contribution in [1.29, 1.82) is 0 Å². The van der Waals surface area contributed by atoms with Gasteiger partial charge in [0, 0.05) is 19.3 Å². The van der Waals surface area contributed by atoms with Crippen molar-refractivity contribution in [1.82, 2.24) is 0 Å². The number of hydrogen-bond acceptors (Lipinski definition) is 3. The van der Waals surface area contributed by atoms with E-state index in [4.69, 9.17) is 10.8 Å². The molecule has 16 heavy (non-hydrogen) atoms. The zero-order chi connectivity index (χ0) is 12.3. The van der Waals surface area contributed by atoms with E-state index in [1.165, 1.54) is 6.92 Å². The van der Waals surface area contributed by atoms with E-state index in [1.54, 1.807) is 0 Å². The molecule has 0 fully saturated rings. The van der Waals surface area contributed by atoms with Crippen molar-refractivity contribution < 1.29 is 9.90 Å². The first-order valence-corrected chi connectivity index (χ1v) is 5.13. The molecule has 0 amide bonds. The van der Waals surface area contributed by atoms with Crippen molar-refractivity contribution in [2.45, 2.75) is 19.4 Å². The molecule has 0 heterocycles. The first-order chi connectivity index (χ1) is 7.34. The highest BCUT2D eigenvalue weighted by atomic mass is 16.4. The van der Waals surface area contributed by atoms with Gasteiger partial charge in [0.05, 0.1) is 0 Å². The molecule has 88 valence electrons. The second-order valence-corrected chi connectivity index (χ2v) is 4.37. The van der Waals surface area contributed by atoms with Crippen LogP contribution in [0.2, 0.25) is 0 Å². The number of aliphatic carboxylic acids is 1. The normalized spacial score (nSPS) is 14.2. The van der Waals surface area contributed by atoms with Crippen LogP contribution in [-0.4, -0.2) is 30.2 Å². The number of para-hydroxylation sites is 1. The van der Waals surface area contributed by atoms with Crippen LogP contribution in [-0.2, 0) is 4.79 Å². The second-order valence-electron chi connectivity index (χ2n) is 4.37. The molecule has 0 aliphatic carbocycles. The summed E-state index contributed by atoms with van der Waals surface area (Å²) in [6.45, 7) is 3.78. The standard InChI is InChI=1S/C12H18N2O2/c1-9-6-4-5-7-10(9)14(3)8-12(2,13)11(15)16/h4-7H,8,13H2,1-3H3,(H,15,16). The minimum Gasteiger partial charge on any atom is -0.480 e. The predicted molar refractivity (Wildman–Crippen MR) is 64.7 cm³/mol. The van der Waals surface area contributed by atoms with Gasteiger partial charge in [-0.2, -0.15) is 0 Å². The number of benzene rings is 1. The third kappa shape index (κ3) is 2.73. The summed E-state index contributed by atoms with van der Waals surface area (Å²) in [5.41, 5.74) is 6.57. The number of carboxylic acid groups (broad SMARTS) is 1. The molecule has 4 nitrogen and oxygen atoms in total. The molecule has 0 aromatic heterocycles. The summed E-state index contributed by atoms with van der Waals surface area (Å²) in [6.07, 6.45) is 0. The number of nitrogens with two attached hydrogens (primary N) is 1. The molecule has 3 N–H and O–H groups in total. The van der Waals surface area contributed by atoms with E-state index < -0.39 is 11.5 Å². The number of rotatable bonds is 4. The van der Waals surface area contributed by atoms with Gasteiger partial charge in [0.15, 0.2) is 0 Å². The molecule has 0 aliphatic heterocycles. The second kappa shape index (κ2) is 4.53. The van der Waals surface area contributed by atoms with Crippen LogP contribution in [0.3, 0.4) is 0 Å². The molecule has 1 rings (SSSR count). The van der Waals surface area contributed by atoms with Crippen molar-refractivity contribution in [3.63, 3.8) is 0 Å². The van der Waals surface area contributed by atoms with Gasteiger partial charge in [-0.25, -0.2) is 0 Å². The van der Waals surface area contributed by atoms with Gasteiger partial charge in [-0.3, -0.25) is 4.79 Å². The first kappa shape index (κ1) is 12.5. The Balaban J connectivity index is 2.85. The van der Waals surface area contributed by atoms with Gasteiger partial charge >= 0.3 is 5.97 Å². The van der Waals surface area contributed by atoms with Gasteiger partial charge < -0.3 is 15.7 Å². The Morgan fingerprint density at radius 3 is 2.56 bits per heavy atom. The number of likely N-dealkylation sites (N-methyl/N-ethyl adjacent to an activating group) is 1. The molecule has 0 spiro atoms. The van der Waals surface area contributed by atoms with Gasteiger partial charge in [-0.15, -0.1) is 0 Å². The van der Waals surface area contributed by atoms with Crippen LogP contribution < -0.4 is 10.6 Å². The quantitative estimate of drug-likeness (QED) is 0.804. The minimum absolute atomic E-state index is 0.271. The maximum Gasteiger partial charge on any atom is 0.325 e. The maximum absolute atomic E-state index is 10.9. The fourth-order valence-corrected chi connectivity index (χ4v) is 1.64. The topological polar surface area (TPSA) is 66.6 Å². The Hall–Kier alpha value is -1.55. The van der Waals surface area contributed by atoms with Crippen LogP contribution in [0.4, 0.5) is 5.69 Å². The number of nitrogens with zero attached hydrogens (tertiary/aromatic N) is 1. The zero-order valence-corrected chi connectivity index (χ0v) is 9.90. The summed E-state index contributed by atoms with van der Waals surface area (Å²) in [5.74, 6) is -0.993. The molecule has 1 aromatic rings. The van der Waals surface area contributed by atoms with Gasteiger partial charge in [-0.1, -0.05) is 18.2 Å². The van der Waals surface area contributed by atoms with Crippen molar-refractivity contribution in [2.24, 2.45) is 5.73 Å². The molecule has 1 atom stereocenters. The third-order valence-electron chi connectivity index (χ3n) is 2.58. The smallest absolute Gasteiger partial charge is 0.325 e. The van der Waals surface area contributed by atoms with Crippen molar-refractivity contribution in [3.05, 3.63) is 29.8 Å². The Kier molecular flexibility index (Phi) is 3.55. The highest BCUT2D eigenvalue weighted by Crippen LogP contribution is 2.19. The van der Waals surface area contributed by atoms with Crippen LogP contribution >= 0.6 is 0 Å². The van der Waals surface area contributed by atoms with E-state index >= 15 is 0 Å². The average Bonchev–Trinajstić information content (AvgIpc) is 2.17. The zero-order valence-electron chi connectivity index (χ0n) is 9.90. The van der Waals surface area contributed by atoms with Crippen LogP contribution in [0.1, 0.15) is 12.5 Å². The lowest BCUT2D eigenvalue weighted by molar-refractivity contribution is -0.142. The summed E-state index contributed by atoms with van der Waals surface area (Å²) in [7, 11) is 1.84. The van der Waals surface area contributed by atoms with Gasteiger partial charge in [0.1, 0.15) is 5.54 Å². The fourth-order valence-electron chi connectivity index (χ4n) is 1.64. The van der Waals surface area contributed by atoms with Crippen LogP contribution in [0.5, 0.6) is 0 Å². The number of aryl methyl sites for hydroxylation is 1. The monoisotopic (exact) mass is 222 g/mol. The highest BCUT2D eigenvalue weighted by molar-refractivity contribution is 5.79. The molecular formula is C12H18N2O2. The van der Waals surface area contributed by atoms with Crippen LogP contribution in [0.25, 0.3) is 0 Å². The Morgan fingerprint density at radius 2 is 2.06 bits per heavy atom. The van der Waals surface area contributed by atoms with Crippen LogP contribution in [0, 0.1) is 6.92 Å². The van der Waals surface area contributed by atoms with E-state index in [2.05, 4.69) is 0 Å². The molecule has 0 radical (unpaired) electrons. The summed E-state index contributed by atoms with van der Waals surface area (Å²) in [5, 5.41) is 8.95. The van der Waals surface area contributed by atoms with Gasteiger partial charge in [0.25, 0.3) is 0 Å². The van der Waals surface area contributed by atoms with E-state index in [1.807, 2.05) is 43.1 Å². The SMILES string of the molecule is Cc1ccccc1N(C)CC(C)(N)C(=O)O. The average molecular weight is 222 g/mol. The van der Waals surface area contributed by atoms with Crippen molar-refractivity contribution in [3.8, 4) is 0 Å². The number of hydrogen-bond donors (Lipinski definition) is 2. The van der Waals surface area contributed by atoms with E-state index in [0.29, 0.717) is 0 Å². The lowest BCUT2D eigenvalue weighted by atomic mass is 10.0. The molecule has 0 saturated heterocycles. The first-order valence-electron chi connectivity index (χ1n) is 5.13. The minimum atomic E-state index is -1.24. The molecule has 1 unspecified atom stereocenters. The summed E-state index contributed by atoms with van der Waals surface area (Å²) in [4.78, 5) is 12.8. The molecule has 0 bridgehead atoms. The lowest BCUT2D eigenvalue weighted by Gasteiger charge is -2.29. The van der Waals surface area contributed by atoms with E-state index in [0.717, 1.165) is 11.3 Å². The van der Waals surface area contributed by atoms with Gasteiger partial charge in [-0.05, 0) is 25.5 Å². The maximum atomic E-state index is 10.9.